The number of fused-ring (bicyclic) bond motifs is 1. The quantitative estimate of drug-likeness (QED) is 0.769. The van der Waals surface area contributed by atoms with Gasteiger partial charge in [-0.1, -0.05) is 23.7 Å². The summed E-state index contributed by atoms with van der Waals surface area (Å²) >= 11 is 5.89. The number of aromatic nitrogens is 2. The van der Waals surface area contributed by atoms with Gasteiger partial charge in [0.15, 0.2) is 11.7 Å². The van der Waals surface area contributed by atoms with Gasteiger partial charge in [0.25, 0.3) is 5.91 Å². The van der Waals surface area contributed by atoms with E-state index in [-0.39, 0.29) is 23.8 Å². The first kappa shape index (κ1) is 19.1. The van der Waals surface area contributed by atoms with Gasteiger partial charge in [-0.2, -0.15) is 18.3 Å². The fraction of sp³-hybridized carbons (Fsp3) is 0.474. The first-order chi connectivity index (χ1) is 13.3. The van der Waals surface area contributed by atoms with E-state index in [2.05, 4.69) is 10.4 Å². The molecular formula is C19H20ClF3N4O. The van der Waals surface area contributed by atoms with E-state index in [1.54, 1.807) is 29.2 Å². The van der Waals surface area contributed by atoms with Crippen LogP contribution in [0.3, 0.4) is 0 Å². The number of alkyl halides is 3. The van der Waals surface area contributed by atoms with Crippen LogP contribution in [0.1, 0.15) is 53.8 Å². The number of halogens is 4. The minimum atomic E-state index is -4.47. The van der Waals surface area contributed by atoms with Crippen molar-refractivity contribution in [3.05, 3.63) is 46.6 Å². The fourth-order valence-electron chi connectivity index (χ4n) is 3.85. The molecule has 1 saturated heterocycles. The maximum absolute atomic E-state index is 13.7. The van der Waals surface area contributed by atoms with Crippen LogP contribution in [0.5, 0.6) is 0 Å². The second-order valence-electron chi connectivity index (χ2n) is 7.25. The number of anilines is 1. The number of likely N-dealkylation sites (tertiary alicyclic amines) is 1. The van der Waals surface area contributed by atoms with Gasteiger partial charge in [0.1, 0.15) is 5.82 Å². The van der Waals surface area contributed by atoms with Crippen LogP contribution >= 0.6 is 11.6 Å². The zero-order chi connectivity index (χ0) is 19.9. The lowest BCUT2D eigenvalue weighted by molar-refractivity contribution is -0.173. The topological polar surface area (TPSA) is 50.2 Å². The lowest BCUT2D eigenvalue weighted by Gasteiger charge is -2.33. The monoisotopic (exact) mass is 412 g/mol. The molecule has 150 valence electrons. The highest BCUT2D eigenvalue weighted by Gasteiger charge is 2.47. The van der Waals surface area contributed by atoms with E-state index < -0.39 is 18.3 Å². The zero-order valence-corrected chi connectivity index (χ0v) is 15.8. The van der Waals surface area contributed by atoms with Crippen molar-refractivity contribution in [3.8, 4) is 0 Å². The molecule has 0 aliphatic carbocycles. The van der Waals surface area contributed by atoms with Gasteiger partial charge in [0.2, 0.25) is 0 Å². The third-order valence-electron chi connectivity index (χ3n) is 5.32. The van der Waals surface area contributed by atoms with Crippen LogP contribution in [0.2, 0.25) is 5.02 Å². The number of nitrogens with zero attached hydrogens (tertiary/aromatic N) is 3. The summed E-state index contributed by atoms with van der Waals surface area (Å²) in [6, 6.07) is 5.80. The van der Waals surface area contributed by atoms with Gasteiger partial charge in [-0.3, -0.25) is 4.79 Å². The van der Waals surface area contributed by atoms with Crippen LogP contribution in [0, 0.1) is 0 Å². The van der Waals surface area contributed by atoms with E-state index in [1.165, 1.54) is 6.07 Å². The molecule has 1 N–H and O–H groups in total. The van der Waals surface area contributed by atoms with Crippen molar-refractivity contribution in [1.29, 1.82) is 0 Å². The number of carbonyl (C=O) groups is 1. The molecule has 1 fully saturated rings. The molecule has 1 amide bonds. The molecule has 0 bridgehead atoms. The predicted octanol–water partition coefficient (Wildman–Crippen LogP) is 4.82. The SMILES string of the molecule is O=C(c1cc2n(n1)[C@@H](C(F)(F)F)C[C@H](c1ccc(Cl)cc1)N2)N1CCCCC1. The minimum absolute atomic E-state index is 0.0513. The smallest absolute Gasteiger partial charge is 0.363 e. The summed E-state index contributed by atoms with van der Waals surface area (Å²) < 4.78 is 42.1. The van der Waals surface area contributed by atoms with Crippen LogP contribution in [0.15, 0.2) is 30.3 Å². The lowest BCUT2D eigenvalue weighted by atomic mass is 9.97. The Bertz CT molecular complexity index is 859. The van der Waals surface area contributed by atoms with E-state index in [9.17, 15) is 18.0 Å². The number of piperidine rings is 1. The number of hydrogen-bond donors (Lipinski definition) is 1. The summed E-state index contributed by atoms with van der Waals surface area (Å²) in [7, 11) is 0. The average Bonchev–Trinajstić information content (AvgIpc) is 3.11. The summed E-state index contributed by atoms with van der Waals surface area (Å²) in [4.78, 5) is 14.4. The minimum Gasteiger partial charge on any atom is -0.363 e. The number of nitrogens with one attached hydrogen (secondary N) is 1. The number of carbonyl (C=O) groups excluding carboxylic acids is 1. The molecular weight excluding hydrogens is 393 g/mol. The second kappa shape index (κ2) is 7.31. The molecule has 0 spiro atoms. The van der Waals surface area contributed by atoms with Gasteiger partial charge in [-0.15, -0.1) is 0 Å². The van der Waals surface area contributed by atoms with E-state index in [4.69, 9.17) is 11.6 Å². The molecule has 0 saturated carbocycles. The van der Waals surface area contributed by atoms with E-state index in [0.717, 1.165) is 23.9 Å². The summed E-state index contributed by atoms with van der Waals surface area (Å²) in [6.45, 7) is 1.23. The predicted molar refractivity (Wildman–Crippen MR) is 99.5 cm³/mol. The summed E-state index contributed by atoms with van der Waals surface area (Å²) in [5, 5.41) is 7.66. The maximum Gasteiger partial charge on any atom is 0.410 e. The van der Waals surface area contributed by atoms with Crippen molar-refractivity contribution >= 4 is 23.3 Å². The molecule has 9 heteroatoms. The summed E-state index contributed by atoms with van der Waals surface area (Å²) in [6.07, 6.45) is -1.82. The van der Waals surface area contributed by atoms with Crippen molar-refractivity contribution in [2.45, 2.75) is 43.9 Å². The maximum atomic E-state index is 13.7. The molecule has 0 radical (unpaired) electrons. The molecule has 1 aromatic carbocycles. The normalized spacial score (nSPS) is 22.5. The Kier molecular flexibility index (Phi) is 4.99. The molecule has 1 aromatic heterocycles. The largest absolute Gasteiger partial charge is 0.410 e. The van der Waals surface area contributed by atoms with Crippen LogP contribution in [-0.4, -0.2) is 39.9 Å². The lowest BCUT2D eigenvalue weighted by Crippen LogP contribution is -2.37. The summed E-state index contributed by atoms with van der Waals surface area (Å²) in [5.41, 5.74) is 0.755. The Hall–Kier alpha value is -2.22. The van der Waals surface area contributed by atoms with Crippen molar-refractivity contribution in [3.63, 3.8) is 0 Å². The Balaban J connectivity index is 1.65. The number of hydrogen-bond acceptors (Lipinski definition) is 3. The molecule has 0 unspecified atom stereocenters. The standard InChI is InChI=1S/C19H20ClF3N4O/c20-13-6-4-12(5-7-13)14-10-16(19(21,22)23)27-17(24-14)11-15(25-27)18(28)26-8-2-1-3-9-26/h4-7,11,14,16,24H,1-3,8-10H2/t14-,16-/m1/s1. The highest BCUT2D eigenvalue weighted by Crippen LogP contribution is 2.43. The molecule has 2 aromatic rings. The Labute approximate surface area is 165 Å². The number of benzene rings is 1. The van der Waals surface area contributed by atoms with Gasteiger partial charge < -0.3 is 10.2 Å². The van der Waals surface area contributed by atoms with E-state index in [0.29, 0.717) is 23.7 Å². The van der Waals surface area contributed by atoms with Crippen LogP contribution in [0.25, 0.3) is 0 Å². The highest BCUT2D eigenvalue weighted by molar-refractivity contribution is 6.30. The Morgan fingerprint density at radius 2 is 1.82 bits per heavy atom. The van der Waals surface area contributed by atoms with Crippen molar-refractivity contribution in [2.24, 2.45) is 0 Å². The highest BCUT2D eigenvalue weighted by atomic mass is 35.5. The van der Waals surface area contributed by atoms with Gasteiger partial charge in [0.05, 0.1) is 6.04 Å². The van der Waals surface area contributed by atoms with Crippen molar-refractivity contribution in [2.75, 3.05) is 18.4 Å². The molecule has 2 atom stereocenters. The van der Waals surface area contributed by atoms with Gasteiger partial charge >= 0.3 is 6.18 Å². The van der Waals surface area contributed by atoms with Gasteiger partial charge in [-0.05, 0) is 37.0 Å². The third-order valence-corrected chi connectivity index (χ3v) is 5.58. The fourth-order valence-corrected chi connectivity index (χ4v) is 3.98. The van der Waals surface area contributed by atoms with E-state index >= 15 is 0 Å². The van der Waals surface area contributed by atoms with Crippen LogP contribution < -0.4 is 5.32 Å². The Morgan fingerprint density at radius 3 is 2.46 bits per heavy atom. The molecule has 4 rings (SSSR count). The molecule has 2 aliphatic rings. The van der Waals surface area contributed by atoms with E-state index in [1.807, 2.05) is 0 Å². The summed E-state index contributed by atoms with van der Waals surface area (Å²) in [5.74, 6) is -0.110. The van der Waals surface area contributed by atoms with Crippen molar-refractivity contribution in [1.82, 2.24) is 14.7 Å². The van der Waals surface area contributed by atoms with Crippen LogP contribution in [-0.2, 0) is 0 Å². The van der Waals surface area contributed by atoms with Crippen LogP contribution in [0.4, 0.5) is 19.0 Å². The molecule has 2 aliphatic heterocycles. The van der Waals surface area contributed by atoms with Crippen molar-refractivity contribution < 1.29 is 18.0 Å². The molecule has 5 nitrogen and oxygen atoms in total. The second-order valence-corrected chi connectivity index (χ2v) is 7.69. The third kappa shape index (κ3) is 3.70. The van der Waals surface area contributed by atoms with Gasteiger partial charge in [0, 0.05) is 30.6 Å². The van der Waals surface area contributed by atoms with Gasteiger partial charge in [-0.25, -0.2) is 4.68 Å². The first-order valence-corrected chi connectivity index (χ1v) is 9.68. The number of rotatable bonds is 2. The average molecular weight is 413 g/mol. The molecule has 28 heavy (non-hydrogen) atoms. The zero-order valence-electron chi connectivity index (χ0n) is 15.0. The Morgan fingerprint density at radius 1 is 1.14 bits per heavy atom. The molecule has 3 heterocycles. The number of amides is 1. The first-order valence-electron chi connectivity index (χ1n) is 9.30.